The zero-order valence-electron chi connectivity index (χ0n) is 18.0. The Morgan fingerprint density at radius 1 is 1.09 bits per heavy atom. The largest absolute Gasteiger partial charge is 0.490 e. The SMILES string of the molecule is Cn1ccc(C(=O)NC2CCC23CCN(C(=O)c2ccncc2)CC3)c1.O=C(O)C(F)(F)F. The van der Waals surface area contributed by atoms with Gasteiger partial charge in [-0.05, 0) is 49.3 Å². The number of halogens is 3. The molecule has 4 rings (SSSR count). The van der Waals surface area contributed by atoms with E-state index in [0.29, 0.717) is 11.1 Å². The number of alkyl halides is 3. The van der Waals surface area contributed by atoms with Crippen molar-refractivity contribution < 1.29 is 32.7 Å². The van der Waals surface area contributed by atoms with Crippen molar-refractivity contribution in [2.75, 3.05) is 13.1 Å². The molecule has 3 heterocycles. The smallest absolute Gasteiger partial charge is 0.475 e. The van der Waals surface area contributed by atoms with Crippen LogP contribution in [0.4, 0.5) is 13.2 Å². The molecule has 1 spiro atoms. The van der Waals surface area contributed by atoms with Gasteiger partial charge in [0.1, 0.15) is 0 Å². The number of carbonyl (C=O) groups excluding carboxylic acids is 2. The number of amides is 2. The number of aliphatic carboxylic acids is 1. The summed E-state index contributed by atoms with van der Waals surface area (Å²) in [6, 6.07) is 5.59. The molecule has 0 aromatic carbocycles. The third-order valence-corrected chi connectivity index (χ3v) is 6.29. The highest BCUT2D eigenvalue weighted by molar-refractivity contribution is 5.95. The Balaban J connectivity index is 0.000000383. The van der Waals surface area contributed by atoms with Crippen molar-refractivity contribution in [3.63, 3.8) is 0 Å². The molecule has 1 saturated carbocycles. The van der Waals surface area contributed by atoms with Gasteiger partial charge in [0.25, 0.3) is 11.8 Å². The zero-order chi connectivity index (χ0) is 24.2. The van der Waals surface area contributed by atoms with E-state index < -0.39 is 12.1 Å². The highest BCUT2D eigenvalue weighted by atomic mass is 19.4. The van der Waals surface area contributed by atoms with Crippen LogP contribution in [-0.2, 0) is 11.8 Å². The number of aryl methyl sites for hydroxylation is 1. The van der Waals surface area contributed by atoms with E-state index in [2.05, 4.69) is 10.3 Å². The van der Waals surface area contributed by atoms with Crippen molar-refractivity contribution in [3.8, 4) is 0 Å². The Kier molecular flexibility index (Phi) is 7.09. The summed E-state index contributed by atoms with van der Waals surface area (Å²) in [5.41, 5.74) is 1.55. The maximum absolute atomic E-state index is 12.6. The van der Waals surface area contributed by atoms with E-state index in [4.69, 9.17) is 9.90 Å². The molecule has 178 valence electrons. The highest BCUT2D eigenvalue weighted by Crippen LogP contribution is 2.49. The quantitative estimate of drug-likeness (QED) is 0.724. The van der Waals surface area contributed by atoms with Crippen molar-refractivity contribution in [1.82, 2.24) is 19.8 Å². The van der Waals surface area contributed by atoms with Crippen molar-refractivity contribution in [2.45, 2.75) is 37.9 Å². The second-order valence-corrected chi connectivity index (χ2v) is 8.32. The average Bonchev–Trinajstić information content (AvgIpc) is 3.23. The lowest BCUT2D eigenvalue weighted by molar-refractivity contribution is -0.192. The van der Waals surface area contributed by atoms with Gasteiger partial charge in [0.2, 0.25) is 0 Å². The molecule has 2 amide bonds. The molecule has 1 aliphatic carbocycles. The second-order valence-electron chi connectivity index (χ2n) is 8.32. The number of nitrogens with zero attached hydrogens (tertiary/aromatic N) is 3. The lowest BCUT2D eigenvalue weighted by Gasteiger charge is -2.54. The van der Waals surface area contributed by atoms with Gasteiger partial charge in [-0.15, -0.1) is 0 Å². The number of carboxylic acids is 1. The van der Waals surface area contributed by atoms with Crippen LogP contribution >= 0.6 is 0 Å². The molecule has 2 fully saturated rings. The Hall–Kier alpha value is -3.37. The minimum atomic E-state index is -5.08. The molecule has 2 aromatic rings. The molecule has 2 aliphatic rings. The molecule has 1 unspecified atom stereocenters. The standard InChI is InChI=1S/C20H24N4O2.C2HF3O2/c1-23-11-5-16(14-23)18(25)22-17-2-6-20(17)7-12-24(13-8-20)19(26)15-3-9-21-10-4-15;3-2(4,5)1(6)7/h3-5,9-11,14,17H,2,6-8,12-13H2,1H3,(H,22,25);(H,6,7). The molecule has 2 aromatic heterocycles. The van der Waals surface area contributed by atoms with Crippen LogP contribution < -0.4 is 5.32 Å². The van der Waals surface area contributed by atoms with E-state index in [1.807, 2.05) is 35.0 Å². The van der Waals surface area contributed by atoms with Crippen LogP contribution in [0, 0.1) is 5.41 Å². The number of hydrogen-bond donors (Lipinski definition) is 2. The van der Waals surface area contributed by atoms with E-state index in [0.717, 1.165) is 38.8 Å². The fourth-order valence-electron chi connectivity index (χ4n) is 4.23. The Labute approximate surface area is 188 Å². The van der Waals surface area contributed by atoms with Crippen molar-refractivity contribution >= 4 is 17.8 Å². The molecule has 1 aliphatic heterocycles. The van der Waals surface area contributed by atoms with Gasteiger partial charge >= 0.3 is 12.1 Å². The number of rotatable bonds is 3. The summed E-state index contributed by atoms with van der Waals surface area (Å²) >= 11 is 0. The number of carboxylic acid groups (broad SMARTS) is 1. The first-order chi connectivity index (χ1) is 15.5. The summed E-state index contributed by atoms with van der Waals surface area (Å²) in [6.07, 6.45) is 6.00. The van der Waals surface area contributed by atoms with Crippen LogP contribution in [0.25, 0.3) is 0 Å². The summed E-state index contributed by atoms with van der Waals surface area (Å²) < 4.78 is 33.6. The zero-order valence-corrected chi connectivity index (χ0v) is 18.0. The van der Waals surface area contributed by atoms with Gasteiger partial charge in [-0.3, -0.25) is 14.6 Å². The van der Waals surface area contributed by atoms with Gasteiger partial charge in [-0.25, -0.2) is 4.79 Å². The minimum absolute atomic E-state index is 0.00460. The van der Waals surface area contributed by atoms with Crippen LogP contribution in [0.2, 0.25) is 0 Å². The maximum Gasteiger partial charge on any atom is 0.490 e. The first-order valence-corrected chi connectivity index (χ1v) is 10.4. The number of nitrogens with one attached hydrogen (secondary N) is 1. The van der Waals surface area contributed by atoms with E-state index in [1.54, 1.807) is 24.5 Å². The highest BCUT2D eigenvalue weighted by Gasteiger charge is 2.49. The average molecular weight is 466 g/mol. The lowest BCUT2D eigenvalue weighted by atomic mass is 9.59. The molecule has 11 heteroatoms. The molecule has 0 radical (unpaired) electrons. The van der Waals surface area contributed by atoms with Crippen molar-refractivity contribution in [2.24, 2.45) is 12.5 Å². The summed E-state index contributed by atoms with van der Waals surface area (Å²) in [5.74, 6) is -2.68. The van der Waals surface area contributed by atoms with Crippen LogP contribution in [0.1, 0.15) is 46.4 Å². The molecule has 0 bridgehead atoms. The first kappa shape index (κ1) is 24.3. The third kappa shape index (κ3) is 5.71. The van der Waals surface area contributed by atoms with E-state index in [1.165, 1.54) is 0 Å². The van der Waals surface area contributed by atoms with Crippen molar-refractivity contribution in [3.05, 3.63) is 54.1 Å². The topological polar surface area (TPSA) is 105 Å². The molecule has 1 atom stereocenters. The molecule has 8 nitrogen and oxygen atoms in total. The fraction of sp³-hybridized carbons (Fsp3) is 0.455. The molecular weight excluding hydrogens is 441 g/mol. The Morgan fingerprint density at radius 2 is 1.70 bits per heavy atom. The second kappa shape index (κ2) is 9.63. The molecule has 1 saturated heterocycles. The molecule has 2 N–H and O–H groups in total. The fourth-order valence-corrected chi connectivity index (χ4v) is 4.23. The first-order valence-electron chi connectivity index (χ1n) is 10.4. The van der Waals surface area contributed by atoms with Gasteiger partial charge in [0.05, 0.1) is 5.56 Å². The number of pyridine rings is 1. The number of aromatic nitrogens is 2. The van der Waals surface area contributed by atoms with Gasteiger partial charge in [-0.2, -0.15) is 13.2 Å². The van der Waals surface area contributed by atoms with Crippen molar-refractivity contribution in [1.29, 1.82) is 0 Å². The van der Waals surface area contributed by atoms with Crippen LogP contribution in [0.5, 0.6) is 0 Å². The van der Waals surface area contributed by atoms with Gasteiger partial charge in [0.15, 0.2) is 0 Å². The van der Waals surface area contributed by atoms with E-state index >= 15 is 0 Å². The number of piperidine rings is 1. The predicted octanol–water partition coefficient (Wildman–Crippen LogP) is 2.87. The monoisotopic (exact) mass is 466 g/mol. The minimum Gasteiger partial charge on any atom is -0.475 e. The molecular formula is C22H25F3N4O4. The summed E-state index contributed by atoms with van der Waals surface area (Å²) in [5, 5.41) is 10.3. The summed E-state index contributed by atoms with van der Waals surface area (Å²) in [4.78, 5) is 39.8. The Morgan fingerprint density at radius 3 is 2.15 bits per heavy atom. The van der Waals surface area contributed by atoms with Gasteiger partial charge in [0, 0.05) is 56.5 Å². The van der Waals surface area contributed by atoms with E-state index in [9.17, 15) is 22.8 Å². The Bertz CT molecular complexity index is 999. The molecule has 33 heavy (non-hydrogen) atoms. The number of carbonyl (C=O) groups is 3. The van der Waals surface area contributed by atoms with Crippen LogP contribution in [0.3, 0.4) is 0 Å². The third-order valence-electron chi connectivity index (χ3n) is 6.29. The summed E-state index contributed by atoms with van der Waals surface area (Å²) in [7, 11) is 1.91. The van der Waals surface area contributed by atoms with Gasteiger partial charge in [-0.1, -0.05) is 0 Å². The van der Waals surface area contributed by atoms with Gasteiger partial charge < -0.3 is 19.9 Å². The van der Waals surface area contributed by atoms with Crippen LogP contribution in [-0.4, -0.2) is 62.6 Å². The number of hydrogen-bond acceptors (Lipinski definition) is 4. The van der Waals surface area contributed by atoms with E-state index in [-0.39, 0.29) is 23.3 Å². The van der Waals surface area contributed by atoms with Crippen LogP contribution in [0.15, 0.2) is 43.0 Å². The predicted molar refractivity (Wildman–Crippen MR) is 111 cm³/mol. The number of likely N-dealkylation sites (tertiary alicyclic amines) is 1. The normalized spacial score (nSPS) is 19.2. The summed E-state index contributed by atoms with van der Waals surface area (Å²) in [6.45, 7) is 1.50. The maximum atomic E-state index is 12.6. The lowest BCUT2D eigenvalue weighted by Crippen LogP contribution is -2.59.